The molecule has 5 nitrogen and oxygen atoms in total. The van der Waals surface area contributed by atoms with Crippen LogP contribution in [0.3, 0.4) is 0 Å². The standard InChI is InChI=1S/C8H10N2O3/c1-3-7(12)10-8-9-4-6(13-8)5(2)11/h4H,3H2,1-2H3,(H,9,10,12). The van der Waals surface area contributed by atoms with Gasteiger partial charge in [-0.3, -0.25) is 14.9 Å². The summed E-state index contributed by atoms with van der Waals surface area (Å²) >= 11 is 0. The predicted octanol–water partition coefficient (Wildman–Crippen LogP) is 1.23. The molecule has 0 aliphatic rings. The summed E-state index contributed by atoms with van der Waals surface area (Å²) in [6.45, 7) is 3.08. The maximum absolute atomic E-state index is 10.9. The Kier molecular flexibility index (Phi) is 2.79. The van der Waals surface area contributed by atoms with Crippen molar-refractivity contribution < 1.29 is 14.0 Å². The first kappa shape index (κ1) is 9.44. The molecule has 0 bridgehead atoms. The molecule has 1 rings (SSSR count). The molecule has 1 aromatic heterocycles. The highest BCUT2D eigenvalue weighted by atomic mass is 16.4. The zero-order valence-electron chi connectivity index (χ0n) is 7.46. The minimum absolute atomic E-state index is 0.0667. The SMILES string of the molecule is CCC(=O)Nc1ncc(C(C)=O)o1. The molecule has 1 amide bonds. The van der Waals surface area contributed by atoms with E-state index in [2.05, 4.69) is 10.3 Å². The molecule has 0 spiro atoms. The predicted molar refractivity (Wildman–Crippen MR) is 45.4 cm³/mol. The highest BCUT2D eigenvalue weighted by molar-refractivity contribution is 5.92. The molecule has 0 atom stereocenters. The van der Waals surface area contributed by atoms with E-state index in [4.69, 9.17) is 4.42 Å². The van der Waals surface area contributed by atoms with Gasteiger partial charge in [-0.05, 0) is 0 Å². The van der Waals surface area contributed by atoms with Crippen molar-refractivity contribution in [3.63, 3.8) is 0 Å². The monoisotopic (exact) mass is 182 g/mol. The van der Waals surface area contributed by atoms with Crippen molar-refractivity contribution in [2.75, 3.05) is 5.32 Å². The third-order valence-electron chi connectivity index (χ3n) is 1.42. The molecule has 1 N–H and O–H groups in total. The van der Waals surface area contributed by atoms with Crippen LogP contribution in [0.15, 0.2) is 10.6 Å². The van der Waals surface area contributed by atoms with E-state index < -0.39 is 0 Å². The molecule has 0 saturated heterocycles. The van der Waals surface area contributed by atoms with Gasteiger partial charge in [-0.15, -0.1) is 0 Å². The van der Waals surface area contributed by atoms with Gasteiger partial charge >= 0.3 is 6.01 Å². The fourth-order valence-electron chi connectivity index (χ4n) is 0.702. The molecule has 0 unspecified atom stereocenters. The van der Waals surface area contributed by atoms with Crippen molar-refractivity contribution in [2.45, 2.75) is 20.3 Å². The van der Waals surface area contributed by atoms with Crippen LogP contribution in [-0.2, 0) is 4.79 Å². The number of nitrogens with zero attached hydrogens (tertiary/aromatic N) is 1. The average Bonchev–Trinajstić information content (AvgIpc) is 2.52. The van der Waals surface area contributed by atoms with Gasteiger partial charge in [0.15, 0.2) is 11.5 Å². The first-order chi connectivity index (χ1) is 6.13. The molecular weight excluding hydrogens is 172 g/mol. The van der Waals surface area contributed by atoms with Crippen molar-refractivity contribution in [1.29, 1.82) is 0 Å². The fraction of sp³-hybridized carbons (Fsp3) is 0.375. The van der Waals surface area contributed by atoms with Crippen LogP contribution in [0, 0.1) is 0 Å². The lowest BCUT2D eigenvalue weighted by Crippen LogP contribution is -2.09. The smallest absolute Gasteiger partial charge is 0.301 e. The Bertz CT molecular complexity index is 330. The van der Waals surface area contributed by atoms with E-state index in [0.717, 1.165) is 0 Å². The number of ketones is 1. The Balaban J connectivity index is 2.69. The molecule has 0 aromatic carbocycles. The summed E-state index contributed by atoms with van der Waals surface area (Å²) in [6.07, 6.45) is 1.63. The molecule has 0 aliphatic heterocycles. The highest BCUT2D eigenvalue weighted by Crippen LogP contribution is 2.09. The molecule has 1 aromatic rings. The van der Waals surface area contributed by atoms with Gasteiger partial charge in [0, 0.05) is 13.3 Å². The first-order valence-corrected chi connectivity index (χ1v) is 3.90. The Labute approximate surface area is 75.1 Å². The zero-order chi connectivity index (χ0) is 9.84. The topological polar surface area (TPSA) is 72.2 Å². The van der Waals surface area contributed by atoms with Crippen molar-refractivity contribution in [3.05, 3.63) is 12.0 Å². The lowest BCUT2D eigenvalue weighted by molar-refractivity contribution is -0.116. The molecule has 0 aliphatic carbocycles. The number of aromatic nitrogens is 1. The Morgan fingerprint density at radius 2 is 2.31 bits per heavy atom. The summed E-state index contributed by atoms with van der Waals surface area (Å²) in [6, 6.07) is 0.0667. The maximum Gasteiger partial charge on any atom is 0.301 e. The summed E-state index contributed by atoms with van der Waals surface area (Å²) < 4.78 is 4.92. The summed E-state index contributed by atoms with van der Waals surface area (Å²) in [5.74, 6) is -0.271. The van der Waals surface area contributed by atoms with E-state index >= 15 is 0 Å². The number of anilines is 1. The van der Waals surface area contributed by atoms with Crippen LogP contribution in [-0.4, -0.2) is 16.7 Å². The quantitative estimate of drug-likeness (QED) is 0.713. The molecular formula is C8H10N2O3. The van der Waals surface area contributed by atoms with E-state index in [9.17, 15) is 9.59 Å². The summed E-state index contributed by atoms with van der Waals surface area (Å²) in [7, 11) is 0. The van der Waals surface area contributed by atoms with E-state index in [1.54, 1.807) is 6.92 Å². The second-order valence-corrected chi connectivity index (χ2v) is 2.49. The van der Waals surface area contributed by atoms with Gasteiger partial charge in [0.25, 0.3) is 0 Å². The van der Waals surface area contributed by atoms with Gasteiger partial charge in [-0.1, -0.05) is 6.92 Å². The summed E-state index contributed by atoms with van der Waals surface area (Å²) in [5.41, 5.74) is 0. The third kappa shape index (κ3) is 2.40. The van der Waals surface area contributed by atoms with Crippen molar-refractivity contribution >= 4 is 17.7 Å². The molecule has 0 fully saturated rings. The molecule has 13 heavy (non-hydrogen) atoms. The Hall–Kier alpha value is -1.65. The summed E-state index contributed by atoms with van der Waals surface area (Å²) in [5, 5.41) is 2.40. The summed E-state index contributed by atoms with van der Waals surface area (Å²) in [4.78, 5) is 25.3. The van der Waals surface area contributed by atoms with E-state index in [0.29, 0.717) is 6.42 Å². The van der Waals surface area contributed by atoms with Crippen LogP contribution in [0.5, 0.6) is 0 Å². The number of nitrogens with one attached hydrogen (secondary N) is 1. The molecule has 0 saturated carbocycles. The minimum atomic E-state index is -0.218. The number of carbonyl (C=O) groups is 2. The third-order valence-corrected chi connectivity index (χ3v) is 1.42. The van der Waals surface area contributed by atoms with Crippen LogP contribution in [0.2, 0.25) is 0 Å². The molecule has 0 radical (unpaired) electrons. The van der Waals surface area contributed by atoms with Crippen LogP contribution in [0.4, 0.5) is 6.01 Å². The van der Waals surface area contributed by atoms with Crippen LogP contribution >= 0.6 is 0 Å². The van der Waals surface area contributed by atoms with Crippen LogP contribution in [0.25, 0.3) is 0 Å². The van der Waals surface area contributed by atoms with Crippen LogP contribution < -0.4 is 5.32 Å². The van der Waals surface area contributed by atoms with Crippen molar-refractivity contribution in [1.82, 2.24) is 4.98 Å². The number of amides is 1. The van der Waals surface area contributed by atoms with Gasteiger partial charge < -0.3 is 4.42 Å². The van der Waals surface area contributed by atoms with Crippen molar-refractivity contribution in [3.8, 4) is 0 Å². The van der Waals surface area contributed by atoms with Gasteiger partial charge in [0.05, 0.1) is 6.20 Å². The fourth-order valence-corrected chi connectivity index (χ4v) is 0.702. The number of Topliss-reactive ketones (excluding diaryl/α,β-unsaturated/α-hetero) is 1. The number of hydrogen-bond donors (Lipinski definition) is 1. The van der Waals surface area contributed by atoms with Crippen molar-refractivity contribution in [2.24, 2.45) is 0 Å². The highest BCUT2D eigenvalue weighted by Gasteiger charge is 2.08. The number of carbonyl (C=O) groups excluding carboxylic acids is 2. The lowest BCUT2D eigenvalue weighted by atomic mass is 10.4. The minimum Gasteiger partial charge on any atom is -0.420 e. The molecule has 5 heteroatoms. The van der Waals surface area contributed by atoms with Gasteiger partial charge in [0.2, 0.25) is 5.91 Å². The van der Waals surface area contributed by atoms with E-state index in [1.807, 2.05) is 0 Å². The normalized spacial score (nSPS) is 9.69. The molecule has 70 valence electrons. The average molecular weight is 182 g/mol. The zero-order valence-corrected chi connectivity index (χ0v) is 7.46. The molecule has 1 heterocycles. The Morgan fingerprint density at radius 1 is 1.62 bits per heavy atom. The second-order valence-electron chi connectivity index (χ2n) is 2.49. The Morgan fingerprint density at radius 3 is 2.77 bits per heavy atom. The second kappa shape index (κ2) is 3.84. The van der Waals surface area contributed by atoms with Gasteiger partial charge in [-0.25, -0.2) is 4.98 Å². The maximum atomic E-state index is 10.9. The first-order valence-electron chi connectivity index (χ1n) is 3.90. The van der Waals surface area contributed by atoms with Crippen LogP contribution in [0.1, 0.15) is 30.8 Å². The van der Waals surface area contributed by atoms with Gasteiger partial charge in [-0.2, -0.15) is 0 Å². The van der Waals surface area contributed by atoms with E-state index in [1.165, 1.54) is 13.1 Å². The van der Waals surface area contributed by atoms with Gasteiger partial charge in [0.1, 0.15) is 0 Å². The number of rotatable bonds is 3. The van der Waals surface area contributed by atoms with E-state index in [-0.39, 0.29) is 23.5 Å². The lowest BCUT2D eigenvalue weighted by Gasteiger charge is -1.94. The largest absolute Gasteiger partial charge is 0.420 e. The number of hydrogen-bond acceptors (Lipinski definition) is 4. The number of oxazole rings is 1.